The van der Waals surface area contributed by atoms with Crippen LogP contribution in [0.2, 0.25) is 0 Å². The Kier molecular flexibility index (Phi) is 9.70. The zero-order valence-corrected chi connectivity index (χ0v) is 20.4. The van der Waals surface area contributed by atoms with Gasteiger partial charge in [0.15, 0.2) is 0 Å². The summed E-state index contributed by atoms with van der Waals surface area (Å²) in [6.07, 6.45) is 2.31. The predicted molar refractivity (Wildman–Crippen MR) is 124 cm³/mol. The van der Waals surface area contributed by atoms with Crippen LogP contribution in [0.4, 0.5) is 4.79 Å². The summed E-state index contributed by atoms with van der Waals surface area (Å²) in [5.74, 6) is 0.0217. The summed E-state index contributed by atoms with van der Waals surface area (Å²) < 4.78 is 16.1. The van der Waals surface area contributed by atoms with E-state index in [1.54, 1.807) is 20.8 Å². The van der Waals surface area contributed by atoms with E-state index >= 15 is 0 Å². The summed E-state index contributed by atoms with van der Waals surface area (Å²) in [5, 5.41) is 2.80. The normalized spacial score (nSPS) is 19.7. The highest BCUT2D eigenvalue weighted by atomic mass is 16.6. The Morgan fingerprint density at radius 3 is 2.27 bits per heavy atom. The van der Waals surface area contributed by atoms with E-state index in [1.807, 2.05) is 19.1 Å². The van der Waals surface area contributed by atoms with Crippen molar-refractivity contribution in [3.63, 3.8) is 0 Å². The van der Waals surface area contributed by atoms with Gasteiger partial charge in [-0.05, 0) is 70.4 Å². The lowest BCUT2D eigenvalue weighted by molar-refractivity contribution is -0.150. The molecule has 2 amide bonds. The van der Waals surface area contributed by atoms with Gasteiger partial charge in [-0.25, -0.2) is 4.79 Å². The Morgan fingerprint density at radius 1 is 1.12 bits per heavy atom. The largest absolute Gasteiger partial charge is 0.469 e. The maximum absolute atomic E-state index is 12.2. The van der Waals surface area contributed by atoms with Crippen molar-refractivity contribution in [2.45, 2.75) is 84.2 Å². The molecule has 0 aromatic heterocycles. The third-order valence-corrected chi connectivity index (χ3v) is 5.80. The average Bonchev–Trinajstić information content (AvgIpc) is 2.70. The molecule has 0 spiro atoms. The first kappa shape index (κ1) is 26.6. The van der Waals surface area contributed by atoms with Crippen LogP contribution in [0.1, 0.15) is 64.5 Å². The van der Waals surface area contributed by atoms with Crippen molar-refractivity contribution < 1.29 is 28.6 Å². The molecule has 1 aromatic rings. The molecule has 33 heavy (non-hydrogen) atoms. The van der Waals surface area contributed by atoms with Crippen molar-refractivity contribution in [1.82, 2.24) is 5.32 Å². The maximum atomic E-state index is 12.2. The number of hydrogen-bond acceptors (Lipinski definition) is 6. The first-order valence-electron chi connectivity index (χ1n) is 11.5. The van der Waals surface area contributed by atoms with Gasteiger partial charge in [-0.2, -0.15) is 0 Å². The zero-order chi connectivity index (χ0) is 24.6. The van der Waals surface area contributed by atoms with Crippen molar-refractivity contribution in [3.8, 4) is 0 Å². The lowest BCUT2D eigenvalue weighted by atomic mass is 9.72. The summed E-state index contributed by atoms with van der Waals surface area (Å²) in [4.78, 5) is 34.9. The molecule has 1 aromatic carbocycles. The molecular weight excluding hydrogens is 424 g/mol. The number of benzene rings is 1. The van der Waals surface area contributed by atoms with Crippen molar-refractivity contribution in [2.24, 2.45) is 17.6 Å². The number of esters is 1. The number of amides is 2. The summed E-state index contributed by atoms with van der Waals surface area (Å²) in [5.41, 5.74) is 6.90. The van der Waals surface area contributed by atoms with Gasteiger partial charge in [0, 0.05) is 6.42 Å². The van der Waals surface area contributed by atoms with Crippen LogP contribution in [0.3, 0.4) is 0 Å². The Labute approximate surface area is 196 Å². The van der Waals surface area contributed by atoms with Crippen molar-refractivity contribution in [1.29, 1.82) is 0 Å². The standard InChI is InChI=1S/C25H38N2O6/c1-16(21(10-11-22(26)28)27-24(30)33-25(2,3)4)32-15-18-8-6-17(7-9-18)12-19-13-20(14-19)23(29)31-5/h6-9,16,19-21H,10-15H2,1-5H3,(H2,26,28)(H,27,30). The molecule has 1 aliphatic carbocycles. The highest BCUT2D eigenvalue weighted by molar-refractivity contribution is 5.74. The van der Waals surface area contributed by atoms with Gasteiger partial charge < -0.3 is 25.3 Å². The van der Waals surface area contributed by atoms with Gasteiger partial charge in [-0.15, -0.1) is 0 Å². The molecular formula is C25H38N2O6. The van der Waals surface area contributed by atoms with E-state index in [9.17, 15) is 14.4 Å². The van der Waals surface area contributed by atoms with E-state index in [1.165, 1.54) is 12.7 Å². The Bertz CT molecular complexity index is 796. The molecule has 3 N–H and O–H groups in total. The molecule has 184 valence electrons. The number of nitrogens with two attached hydrogens (primary N) is 1. The second-order valence-corrected chi connectivity index (χ2v) is 9.85. The minimum Gasteiger partial charge on any atom is -0.469 e. The maximum Gasteiger partial charge on any atom is 0.407 e. The monoisotopic (exact) mass is 462 g/mol. The number of ether oxygens (including phenoxy) is 3. The van der Waals surface area contributed by atoms with E-state index in [0.717, 1.165) is 24.8 Å². The molecule has 2 rings (SSSR count). The topological polar surface area (TPSA) is 117 Å². The summed E-state index contributed by atoms with van der Waals surface area (Å²) in [7, 11) is 1.44. The molecule has 1 aliphatic rings. The number of primary amides is 1. The van der Waals surface area contributed by atoms with Gasteiger partial charge in [0.2, 0.25) is 5.91 Å². The Balaban J connectivity index is 1.84. The van der Waals surface area contributed by atoms with Crippen LogP contribution in [0.15, 0.2) is 24.3 Å². The van der Waals surface area contributed by atoms with E-state index in [4.69, 9.17) is 19.9 Å². The fourth-order valence-corrected chi connectivity index (χ4v) is 3.89. The Hall–Kier alpha value is -2.61. The van der Waals surface area contributed by atoms with Crippen LogP contribution in [-0.2, 0) is 36.8 Å². The van der Waals surface area contributed by atoms with Crippen molar-refractivity contribution >= 4 is 18.0 Å². The minimum atomic E-state index is -0.621. The van der Waals surface area contributed by atoms with Crippen LogP contribution in [-0.4, -0.2) is 42.8 Å². The van der Waals surface area contributed by atoms with Crippen LogP contribution in [0, 0.1) is 11.8 Å². The van der Waals surface area contributed by atoms with Crippen LogP contribution < -0.4 is 11.1 Å². The molecule has 0 bridgehead atoms. The number of methoxy groups -OCH3 is 1. The fraction of sp³-hybridized carbons (Fsp3) is 0.640. The number of rotatable bonds is 11. The van der Waals surface area contributed by atoms with Gasteiger partial charge >= 0.3 is 12.1 Å². The lowest BCUT2D eigenvalue weighted by Gasteiger charge is -2.33. The van der Waals surface area contributed by atoms with Crippen LogP contribution in [0.25, 0.3) is 0 Å². The minimum absolute atomic E-state index is 0.0472. The van der Waals surface area contributed by atoms with E-state index in [2.05, 4.69) is 17.4 Å². The smallest absolute Gasteiger partial charge is 0.407 e. The molecule has 1 fully saturated rings. The van der Waals surface area contributed by atoms with E-state index < -0.39 is 23.6 Å². The quantitative estimate of drug-likeness (QED) is 0.486. The summed E-state index contributed by atoms with van der Waals surface area (Å²) >= 11 is 0. The first-order chi connectivity index (χ1) is 15.5. The zero-order valence-electron chi connectivity index (χ0n) is 20.4. The van der Waals surface area contributed by atoms with Gasteiger partial charge in [0.25, 0.3) is 0 Å². The van der Waals surface area contributed by atoms with E-state index in [-0.39, 0.29) is 24.4 Å². The molecule has 0 radical (unpaired) electrons. The number of nitrogens with one attached hydrogen (secondary N) is 1. The highest BCUT2D eigenvalue weighted by Crippen LogP contribution is 2.36. The number of hydrogen-bond donors (Lipinski definition) is 2. The molecule has 2 unspecified atom stereocenters. The van der Waals surface area contributed by atoms with Gasteiger partial charge in [0.05, 0.1) is 31.8 Å². The van der Waals surface area contributed by atoms with Gasteiger partial charge in [0.1, 0.15) is 5.60 Å². The second kappa shape index (κ2) is 12.0. The summed E-state index contributed by atoms with van der Waals surface area (Å²) in [6, 6.07) is 7.81. The number of alkyl carbamates (subject to hydrolysis) is 1. The molecule has 8 heteroatoms. The van der Waals surface area contributed by atoms with Gasteiger partial charge in [-0.1, -0.05) is 24.3 Å². The first-order valence-corrected chi connectivity index (χ1v) is 11.5. The Morgan fingerprint density at radius 2 is 1.73 bits per heavy atom. The molecule has 1 saturated carbocycles. The number of carbonyl (C=O) groups excluding carboxylic acids is 3. The molecule has 0 heterocycles. The number of carbonyl (C=O) groups is 3. The highest BCUT2D eigenvalue weighted by Gasteiger charge is 2.35. The average molecular weight is 463 g/mol. The third kappa shape index (κ3) is 9.42. The lowest BCUT2D eigenvalue weighted by Crippen LogP contribution is -2.45. The molecule has 2 atom stereocenters. The van der Waals surface area contributed by atoms with Crippen molar-refractivity contribution in [2.75, 3.05) is 7.11 Å². The van der Waals surface area contributed by atoms with Gasteiger partial charge in [-0.3, -0.25) is 9.59 Å². The van der Waals surface area contributed by atoms with E-state index in [0.29, 0.717) is 18.9 Å². The second-order valence-electron chi connectivity index (χ2n) is 9.85. The third-order valence-electron chi connectivity index (χ3n) is 5.80. The van der Waals surface area contributed by atoms with Crippen LogP contribution >= 0.6 is 0 Å². The SMILES string of the molecule is COC(=O)C1CC(Cc2ccc(COC(C)C(CCC(N)=O)NC(=O)OC(C)(C)C)cc2)C1. The summed E-state index contributed by atoms with van der Waals surface area (Å²) in [6.45, 7) is 7.59. The fourth-order valence-electron chi connectivity index (χ4n) is 3.89. The molecule has 0 saturated heterocycles. The molecule has 0 aliphatic heterocycles. The van der Waals surface area contributed by atoms with Crippen LogP contribution in [0.5, 0.6) is 0 Å². The molecule has 8 nitrogen and oxygen atoms in total. The predicted octanol–water partition coefficient (Wildman–Crippen LogP) is 3.49. The van der Waals surface area contributed by atoms with Crippen molar-refractivity contribution in [3.05, 3.63) is 35.4 Å².